The number of benzene rings is 2. The first-order valence-corrected chi connectivity index (χ1v) is 12.1. The summed E-state index contributed by atoms with van der Waals surface area (Å²) in [5, 5.41) is 6.41. The number of fused-ring (bicyclic) bond motifs is 1. The van der Waals surface area contributed by atoms with E-state index in [0.29, 0.717) is 33.6 Å². The van der Waals surface area contributed by atoms with Gasteiger partial charge < -0.3 is 15.0 Å². The number of ether oxygens (including phenoxy) is 1. The first kappa shape index (κ1) is 21.9. The average Bonchev–Trinajstić information content (AvgIpc) is 3.48. The minimum absolute atomic E-state index is 0.00166. The normalized spacial score (nSPS) is 19.8. The summed E-state index contributed by atoms with van der Waals surface area (Å²) < 4.78 is 5.82. The molecule has 2 aromatic carbocycles. The molecule has 9 heteroatoms. The van der Waals surface area contributed by atoms with Gasteiger partial charge in [-0.05, 0) is 43.2 Å². The maximum absolute atomic E-state index is 13.4. The van der Waals surface area contributed by atoms with Gasteiger partial charge in [-0.15, -0.1) is 11.3 Å². The smallest absolute Gasteiger partial charge is 0.257 e. The van der Waals surface area contributed by atoms with Crippen LogP contribution in [0.5, 0.6) is 0 Å². The minimum Gasteiger partial charge on any atom is -0.376 e. The molecule has 2 aliphatic rings. The molecule has 3 heterocycles. The van der Waals surface area contributed by atoms with Crippen LogP contribution in [0.4, 0.5) is 16.5 Å². The highest BCUT2D eigenvalue weighted by molar-refractivity contribution is 7.14. The van der Waals surface area contributed by atoms with Gasteiger partial charge in [0, 0.05) is 36.2 Å². The molecule has 33 heavy (non-hydrogen) atoms. The van der Waals surface area contributed by atoms with Crippen molar-refractivity contribution in [1.82, 2.24) is 9.88 Å². The second kappa shape index (κ2) is 9.13. The molecule has 1 N–H and O–H groups in total. The highest BCUT2D eigenvalue weighted by Crippen LogP contribution is 2.37. The Hall–Kier alpha value is -2.94. The van der Waals surface area contributed by atoms with Gasteiger partial charge in [-0.25, -0.2) is 4.98 Å². The van der Waals surface area contributed by atoms with Crippen molar-refractivity contribution >= 4 is 51.3 Å². The maximum Gasteiger partial charge on any atom is 0.257 e. The van der Waals surface area contributed by atoms with Crippen LogP contribution in [-0.4, -0.2) is 41.0 Å². The van der Waals surface area contributed by atoms with Gasteiger partial charge in [0.15, 0.2) is 5.13 Å². The van der Waals surface area contributed by atoms with E-state index in [-0.39, 0.29) is 17.9 Å². The summed E-state index contributed by atoms with van der Waals surface area (Å²) in [6.45, 7) is 2.68. The zero-order valence-electron chi connectivity index (χ0n) is 18.0. The Morgan fingerprint density at radius 1 is 1.30 bits per heavy atom. The summed E-state index contributed by atoms with van der Waals surface area (Å²) in [6, 6.07) is 14.6. The van der Waals surface area contributed by atoms with Gasteiger partial charge in [0.25, 0.3) is 5.91 Å². The molecule has 0 radical (unpaired) electrons. The number of halogens is 1. The monoisotopic (exact) mass is 482 g/mol. The molecule has 2 atom stereocenters. The van der Waals surface area contributed by atoms with Crippen LogP contribution >= 0.6 is 22.9 Å². The van der Waals surface area contributed by atoms with Gasteiger partial charge in [-0.3, -0.25) is 14.5 Å². The molecular weight excluding hydrogens is 460 g/mol. The lowest BCUT2D eigenvalue weighted by molar-refractivity contribution is -0.115. The Bertz CT molecular complexity index is 1190. The van der Waals surface area contributed by atoms with E-state index in [1.807, 2.05) is 35.7 Å². The molecule has 0 aliphatic carbocycles. The van der Waals surface area contributed by atoms with Crippen molar-refractivity contribution in [1.29, 1.82) is 0 Å². The Morgan fingerprint density at radius 2 is 2.15 bits per heavy atom. The Kier molecular flexibility index (Phi) is 6.05. The first-order chi connectivity index (χ1) is 16.0. The highest BCUT2D eigenvalue weighted by atomic mass is 35.5. The fraction of sp³-hybridized carbons (Fsp3) is 0.292. The molecule has 7 nitrogen and oxygen atoms in total. The number of rotatable bonds is 5. The second-order valence-electron chi connectivity index (χ2n) is 8.07. The van der Waals surface area contributed by atoms with Gasteiger partial charge in [-0.1, -0.05) is 29.8 Å². The molecule has 2 aliphatic heterocycles. The number of amides is 2. The van der Waals surface area contributed by atoms with Gasteiger partial charge >= 0.3 is 0 Å². The van der Waals surface area contributed by atoms with Crippen LogP contribution in [0.15, 0.2) is 53.9 Å². The fourth-order valence-electron chi connectivity index (χ4n) is 4.27. The van der Waals surface area contributed by atoms with Crippen LogP contribution in [0.1, 0.15) is 42.0 Å². The molecule has 0 spiro atoms. The van der Waals surface area contributed by atoms with E-state index in [1.54, 1.807) is 23.1 Å². The third-order valence-corrected chi connectivity index (χ3v) is 6.89. The van der Waals surface area contributed by atoms with Crippen molar-refractivity contribution in [2.75, 3.05) is 23.4 Å². The van der Waals surface area contributed by atoms with Crippen LogP contribution in [-0.2, 0) is 9.53 Å². The zero-order chi connectivity index (χ0) is 22.9. The van der Waals surface area contributed by atoms with Crippen molar-refractivity contribution in [3.05, 3.63) is 70.2 Å². The molecule has 5 rings (SSSR count). The lowest BCUT2D eigenvalue weighted by Gasteiger charge is -2.38. The summed E-state index contributed by atoms with van der Waals surface area (Å²) in [5.41, 5.74) is 2.71. The van der Waals surface area contributed by atoms with E-state index in [1.165, 1.54) is 23.2 Å². The molecule has 3 aromatic rings. The summed E-state index contributed by atoms with van der Waals surface area (Å²) in [7, 11) is 0. The maximum atomic E-state index is 13.4. The number of thiazole rings is 1. The molecule has 170 valence electrons. The second-order valence-corrected chi connectivity index (χ2v) is 9.35. The number of nitrogens with zero attached hydrogens (tertiary/aromatic N) is 3. The molecule has 0 unspecified atom stereocenters. The minimum atomic E-state index is -0.463. The quantitative estimate of drug-likeness (QED) is 0.539. The first-order valence-electron chi connectivity index (χ1n) is 10.8. The van der Waals surface area contributed by atoms with E-state index in [4.69, 9.17) is 21.3 Å². The Labute approximate surface area is 200 Å². The van der Waals surface area contributed by atoms with Gasteiger partial charge in [0.1, 0.15) is 6.17 Å². The number of aromatic nitrogens is 1. The number of para-hydroxylation sites is 1. The van der Waals surface area contributed by atoms with Crippen LogP contribution in [0, 0.1) is 0 Å². The number of nitrogens with one attached hydrogen (secondary N) is 1. The van der Waals surface area contributed by atoms with Crippen molar-refractivity contribution in [2.24, 2.45) is 0 Å². The van der Waals surface area contributed by atoms with Crippen molar-refractivity contribution < 1.29 is 14.3 Å². The summed E-state index contributed by atoms with van der Waals surface area (Å²) in [4.78, 5) is 34.0. The SMILES string of the molecule is CC(=O)N(c1cccc(Cl)c1)c1nc([C@@H]2Nc3ccccc3C(=O)N2C[C@@H]2CCCO2)cs1. The number of anilines is 3. The van der Waals surface area contributed by atoms with Gasteiger partial charge in [0.05, 0.1) is 23.0 Å². The molecule has 0 saturated carbocycles. The van der Waals surface area contributed by atoms with Crippen LogP contribution < -0.4 is 10.2 Å². The Morgan fingerprint density at radius 3 is 2.91 bits per heavy atom. The standard InChI is InChI=1S/C24H23ClN4O3S/c1-15(30)29(17-7-4-6-16(25)12-17)24-27-21(14-33-24)22-26-20-10-3-2-9-19(20)23(31)28(22)13-18-8-5-11-32-18/h2-4,6-7,9-10,12,14,18,22,26H,5,8,11,13H2,1H3/t18-,22+/m0/s1. The van der Waals surface area contributed by atoms with E-state index < -0.39 is 6.17 Å². The zero-order valence-corrected chi connectivity index (χ0v) is 19.6. The van der Waals surface area contributed by atoms with Gasteiger partial charge in [-0.2, -0.15) is 0 Å². The van der Waals surface area contributed by atoms with E-state index in [9.17, 15) is 9.59 Å². The third kappa shape index (κ3) is 4.34. The average molecular weight is 483 g/mol. The molecule has 1 saturated heterocycles. The lowest BCUT2D eigenvalue weighted by Crippen LogP contribution is -2.46. The largest absolute Gasteiger partial charge is 0.376 e. The summed E-state index contributed by atoms with van der Waals surface area (Å²) in [5.74, 6) is -0.231. The fourth-order valence-corrected chi connectivity index (χ4v) is 5.36. The van der Waals surface area contributed by atoms with E-state index in [0.717, 1.165) is 25.1 Å². The molecule has 1 aromatic heterocycles. The van der Waals surface area contributed by atoms with Crippen molar-refractivity contribution in [2.45, 2.75) is 32.0 Å². The summed E-state index contributed by atoms with van der Waals surface area (Å²) in [6.07, 6.45) is 1.46. The number of carbonyl (C=O) groups is 2. The van der Waals surface area contributed by atoms with E-state index in [2.05, 4.69) is 5.32 Å². The molecule has 0 bridgehead atoms. The highest BCUT2D eigenvalue weighted by Gasteiger charge is 2.36. The van der Waals surface area contributed by atoms with Crippen LogP contribution in [0.2, 0.25) is 5.02 Å². The predicted octanol–water partition coefficient (Wildman–Crippen LogP) is 5.23. The lowest BCUT2D eigenvalue weighted by atomic mass is 10.1. The Balaban J connectivity index is 1.50. The molecule has 2 amide bonds. The molecular formula is C24H23ClN4O3S. The number of hydrogen-bond donors (Lipinski definition) is 1. The summed E-state index contributed by atoms with van der Waals surface area (Å²) >= 11 is 7.50. The van der Waals surface area contributed by atoms with Crippen molar-refractivity contribution in [3.63, 3.8) is 0 Å². The third-order valence-electron chi connectivity index (χ3n) is 5.81. The van der Waals surface area contributed by atoms with E-state index >= 15 is 0 Å². The van der Waals surface area contributed by atoms with Gasteiger partial charge in [0.2, 0.25) is 5.91 Å². The molecule has 1 fully saturated rings. The number of hydrogen-bond acceptors (Lipinski definition) is 6. The van der Waals surface area contributed by atoms with Crippen LogP contribution in [0.3, 0.4) is 0 Å². The number of carbonyl (C=O) groups excluding carboxylic acids is 2. The van der Waals surface area contributed by atoms with Crippen molar-refractivity contribution in [3.8, 4) is 0 Å². The predicted molar refractivity (Wildman–Crippen MR) is 129 cm³/mol. The van der Waals surface area contributed by atoms with Crippen LogP contribution in [0.25, 0.3) is 0 Å². The topological polar surface area (TPSA) is 74.8 Å².